The van der Waals surface area contributed by atoms with Crippen LogP contribution < -0.4 is 15.2 Å². The standard InChI is InChI=1S/C19H14F2N4O3S/c1-28-16-4-2-3-5-17(16)29(26,27)25-15-9-8-14(20)13(18(15)21)7-6-12-10-23-19(22)24-11-12/h2-5,8-11,25H,1H3,(H2,22,23,24). The quantitative estimate of drug-likeness (QED) is 0.633. The van der Waals surface area contributed by atoms with Crippen LogP contribution >= 0.6 is 0 Å². The van der Waals surface area contributed by atoms with Crippen LogP contribution in [0.15, 0.2) is 53.7 Å². The first-order valence-corrected chi connectivity index (χ1v) is 9.53. The van der Waals surface area contributed by atoms with E-state index in [0.29, 0.717) is 0 Å². The van der Waals surface area contributed by atoms with Gasteiger partial charge < -0.3 is 10.5 Å². The molecule has 1 heterocycles. The third-order valence-electron chi connectivity index (χ3n) is 3.70. The second kappa shape index (κ2) is 8.12. The molecule has 0 atom stereocenters. The minimum absolute atomic E-state index is 0.0284. The Morgan fingerprint density at radius 2 is 1.76 bits per heavy atom. The molecule has 1 aromatic heterocycles. The summed E-state index contributed by atoms with van der Waals surface area (Å²) in [6.45, 7) is 0. The Balaban J connectivity index is 1.98. The van der Waals surface area contributed by atoms with Crippen molar-refractivity contribution in [2.24, 2.45) is 0 Å². The Bertz CT molecular complexity index is 1220. The average molecular weight is 416 g/mol. The summed E-state index contributed by atoms with van der Waals surface area (Å²) in [6.07, 6.45) is 2.58. The molecule has 0 unspecified atom stereocenters. The molecule has 0 bridgehead atoms. The predicted molar refractivity (Wildman–Crippen MR) is 103 cm³/mol. The van der Waals surface area contributed by atoms with Crippen LogP contribution in [0.2, 0.25) is 0 Å². The second-order valence-corrected chi connectivity index (χ2v) is 7.27. The molecule has 3 aromatic rings. The lowest BCUT2D eigenvalue weighted by Gasteiger charge is -2.12. The molecule has 10 heteroatoms. The fourth-order valence-electron chi connectivity index (χ4n) is 2.32. The van der Waals surface area contributed by atoms with Gasteiger partial charge in [0.25, 0.3) is 10.0 Å². The molecule has 0 radical (unpaired) electrons. The first-order valence-electron chi connectivity index (χ1n) is 8.05. The summed E-state index contributed by atoms with van der Waals surface area (Å²) < 4.78 is 61.2. The van der Waals surface area contributed by atoms with Gasteiger partial charge in [0.15, 0.2) is 5.82 Å². The molecule has 3 N–H and O–H groups in total. The van der Waals surface area contributed by atoms with Gasteiger partial charge in [-0.1, -0.05) is 24.0 Å². The topological polar surface area (TPSA) is 107 Å². The Kier molecular flexibility index (Phi) is 5.61. The number of hydrogen-bond donors (Lipinski definition) is 2. The lowest BCUT2D eigenvalue weighted by Crippen LogP contribution is -2.15. The molecule has 0 aliphatic heterocycles. The molecule has 0 saturated heterocycles. The molecule has 0 aliphatic rings. The predicted octanol–water partition coefficient (Wildman–Crippen LogP) is 2.55. The maximum atomic E-state index is 14.8. The number of nitrogens with one attached hydrogen (secondary N) is 1. The van der Waals surface area contributed by atoms with Gasteiger partial charge in [-0.25, -0.2) is 27.2 Å². The number of anilines is 2. The van der Waals surface area contributed by atoms with Crippen molar-refractivity contribution >= 4 is 21.7 Å². The first kappa shape index (κ1) is 20.0. The number of aromatic nitrogens is 2. The van der Waals surface area contributed by atoms with Crippen LogP contribution in [-0.2, 0) is 10.0 Å². The van der Waals surface area contributed by atoms with Crippen molar-refractivity contribution in [2.45, 2.75) is 4.90 Å². The zero-order valence-electron chi connectivity index (χ0n) is 15.0. The number of halogens is 2. The molecule has 7 nitrogen and oxygen atoms in total. The Morgan fingerprint density at radius 1 is 1.07 bits per heavy atom. The summed E-state index contributed by atoms with van der Waals surface area (Å²) in [5.41, 5.74) is 4.57. The van der Waals surface area contributed by atoms with Crippen molar-refractivity contribution in [2.75, 3.05) is 17.6 Å². The zero-order valence-corrected chi connectivity index (χ0v) is 15.8. The molecule has 0 amide bonds. The number of methoxy groups -OCH3 is 1. The second-order valence-electron chi connectivity index (χ2n) is 5.62. The molecule has 3 rings (SSSR count). The van der Waals surface area contributed by atoms with Crippen LogP contribution in [-0.4, -0.2) is 25.5 Å². The summed E-state index contributed by atoms with van der Waals surface area (Å²) in [5.74, 6) is 2.82. The number of nitrogens with two attached hydrogens (primary N) is 1. The van der Waals surface area contributed by atoms with Crippen LogP contribution in [0.25, 0.3) is 0 Å². The Labute approximate surface area is 165 Å². The third kappa shape index (κ3) is 4.41. The van der Waals surface area contributed by atoms with Gasteiger partial charge in [0.1, 0.15) is 16.5 Å². The van der Waals surface area contributed by atoms with Crippen molar-refractivity contribution in [1.82, 2.24) is 9.97 Å². The van der Waals surface area contributed by atoms with Gasteiger partial charge in [-0.05, 0) is 24.3 Å². The summed E-state index contributed by atoms with van der Waals surface area (Å²) in [6, 6.07) is 7.70. The number of benzene rings is 2. The molecular formula is C19H14F2N4O3S. The van der Waals surface area contributed by atoms with E-state index in [0.717, 1.165) is 12.1 Å². The molecule has 0 fully saturated rings. The summed E-state index contributed by atoms with van der Waals surface area (Å²) in [4.78, 5) is 7.25. The number of para-hydroxylation sites is 1. The van der Waals surface area contributed by atoms with E-state index in [-0.39, 0.29) is 22.2 Å². The van der Waals surface area contributed by atoms with E-state index in [9.17, 15) is 17.2 Å². The van der Waals surface area contributed by atoms with Crippen LogP contribution in [0, 0.1) is 23.5 Å². The van der Waals surface area contributed by atoms with Crippen molar-refractivity contribution in [3.8, 4) is 17.6 Å². The van der Waals surface area contributed by atoms with E-state index >= 15 is 0 Å². The van der Waals surface area contributed by atoms with Gasteiger partial charge in [-0.15, -0.1) is 0 Å². The zero-order chi connectivity index (χ0) is 21.0. The number of rotatable bonds is 4. The number of hydrogen-bond acceptors (Lipinski definition) is 6. The van der Waals surface area contributed by atoms with Crippen LogP contribution in [0.3, 0.4) is 0 Å². The van der Waals surface area contributed by atoms with Gasteiger partial charge in [-0.3, -0.25) is 4.72 Å². The minimum atomic E-state index is -4.20. The number of nitrogens with zero attached hydrogens (tertiary/aromatic N) is 2. The molecule has 148 valence electrons. The highest BCUT2D eigenvalue weighted by molar-refractivity contribution is 7.92. The van der Waals surface area contributed by atoms with E-state index in [4.69, 9.17) is 10.5 Å². The monoisotopic (exact) mass is 416 g/mol. The molecule has 29 heavy (non-hydrogen) atoms. The summed E-state index contributed by atoms with van der Waals surface area (Å²) in [5, 5.41) is 0. The van der Waals surface area contributed by atoms with Gasteiger partial charge in [0.2, 0.25) is 5.95 Å². The first-order chi connectivity index (χ1) is 13.8. The van der Waals surface area contributed by atoms with Gasteiger partial charge in [0, 0.05) is 12.4 Å². The molecular weight excluding hydrogens is 402 g/mol. The average Bonchev–Trinajstić information content (AvgIpc) is 2.71. The smallest absolute Gasteiger partial charge is 0.265 e. The fraction of sp³-hybridized carbons (Fsp3) is 0.0526. The fourth-order valence-corrected chi connectivity index (χ4v) is 3.55. The Hall–Kier alpha value is -3.71. The lowest BCUT2D eigenvalue weighted by molar-refractivity contribution is 0.403. The third-order valence-corrected chi connectivity index (χ3v) is 5.10. The maximum absolute atomic E-state index is 14.8. The van der Waals surface area contributed by atoms with E-state index in [1.54, 1.807) is 6.07 Å². The molecule has 0 spiro atoms. The minimum Gasteiger partial charge on any atom is -0.495 e. The van der Waals surface area contributed by atoms with Crippen molar-refractivity contribution in [3.63, 3.8) is 0 Å². The number of nitrogen functional groups attached to an aromatic ring is 1. The molecule has 0 aliphatic carbocycles. The van der Waals surface area contributed by atoms with E-state index in [2.05, 4.69) is 26.5 Å². The van der Waals surface area contributed by atoms with E-state index < -0.39 is 32.9 Å². The summed E-state index contributed by atoms with van der Waals surface area (Å²) in [7, 11) is -2.89. The largest absolute Gasteiger partial charge is 0.495 e. The van der Waals surface area contributed by atoms with Gasteiger partial charge in [0.05, 0.1) is 23.9 Å². The highest BCUT2D eigenvalue weighted by Gasteiger charge is 2.22. The lowest BCUT2D eigenvalue weighted by atomic mass is 10.1. The van der Waals surface area contributed by atoms with Crippen molar-refractivity contribution < 1.29 is 21.9 Å². The van der Waals surface area contributed by atoms with E-state index in [1.807, 2.05) is 0 Å². The number of sulfonamides is 1. The summed E-state index contributed by atoms with van der Waals surface area (Å²) >= 11 is 0. The highest BCUT2D eigenvalue weighted by Crippen LogP contribution is 2.27. The highest BCUT2D eigenvalue weighted by atomic mass is 32.2. The Morgan fingerprint density at radius 3 is 2.45 bits per heavy atom. The van der Waals surface area contributed by atoms with Gasteiger partial charge in [-0.2, -0.15) is 0 Å². The van der Waals surface area contributed by atoms with Crippen LogP contribution in [0.4, 0.5) is 20.4 Å². The number of ether oxygens (including phenoxy) is 1. The molecule has 2 aromatic carbocycles. The van der Waals surface area contributed by atoms with Gasteiger partial charge >= 0.3 is 0 Å². The SMILES string of the molecule is COc1ccccc1S(=O)(=O)Nc1ccc(F)c(C#Cc2cnc(N)nc2)c1F. The molecule has 0 saturated carbocycles. The van der Waals surface area contributed by atoms with Crippen molar-refractivity contribution in [1.29, 1.82) is 0 Å². The maximum Gasteiger partial charge on any atom is 0.265 e. The van der Waals surface area contributed by atoms with E-state index in [1.165, 1.54) is 37.7 Å². The van der Waals surface area contributed by atoms with Crippen LogP contribution in [0.1, 0.15) is 11.1 Å². The van der Waals surface area contributed by atoms with Crippen molar-refractivity contribution in [3.05, 3.63) is 71.6 Å². The van der Waals surface area contributed by atoms with Crippen LogP contribution in [0.5, 0.6) is 5.75 Å². The normalized spacial score (nSPS) is 10.7.